The van der Waals surface area contributed by atoms with Gasteiger partial charge in [-0.15, -0.1) is 0 Å². The Bertz CT molecular complexity index is 433. The molecule has 0 aromatic heterocycles. The molecule has 2 rings (SSSR count). The van der Waals surface area contributed by atoms with Crippen LogP contribution >= 0.6 is 0 Å². The minimum atomic E-state index is -4.30. The van der Waals surface area contributed by atoms with Gasteiger partial charge in [0.05, 0.1) is 11.7 Å². The highest BCUT2D eigenvalue weighted by atomic mass is 19.4. The normalized spacial score (nSPS) is 28.4. The van der Waals surface area contributed by atoms with Gasteiger partial charge in [-0.2, -0.15) is 13.2 Å². The minimum Gasteiger partial charge on any atom is -0.392 e. The van der Waals surface area contributed by atoms with Crippen molar-refractivity contribution in [2.45, 2.75) is 43.5 Å². The van der Waals surface area contributed by atoms with Gasteiger partial charge < -0.3 is 10.4 Å². The Labute approximate surface area is 110 Å². The van der Waals surface area contributed by atoms with E-state index in [9.17, 15) is 18.3 Å². The molecule has 0 bridgehead atoms. The number of aliphatic hydroxyl groups is 1. The van der Waals surface area contributed by atoms with Crippen molar-refractivity contribution in [2.24, 2.45) is 0 Å². The van der Waals surface area contributed by atoms with Gasteiger partial charge in [-0.1, -0.05) is 18.2 Å². The molecule has 0 radical (unpaired) electrons. The molecule has 5 heteroatoms. The highest BCUT2D eigenvalue weighted by Crippen LogP contribution is 2.36. The van der Waals surface area contributed by atoms with Gasteiger partial charge in [-0.05, 0) is 43.9 Å². The van der Waals surface area contributed by atoms with Crippen molar-refractivity contribution in [1.29, 1.82) is 0 Å². The van der Waals surface area contributed by atoms with Crippen LogP contribution in [0.25, 0.3) is 0 Å². The zero-order valence-electron chi connectivity index (χ0n) is 10.7. The summed E-state index contributed by atoms with van der Waals surface area (Å²) in [6.45, 7) is 0. The molecule has 2 N–H and O–H groups in total. The van der Waals surface area contributed by atoms with Crippen LogP contribution < -0.4 is 5.32 Å². The van der Waals surface area contributed by atoms with Gasteiger partial charge in [0, 0.05) is 6.04 Å². The van der Waals surface area contributed by atoms with Crippen molar-refractivity contribution in [2.75, 3.05) is 7.05 Å². The number of halogens is 3. The number of likely N-dealkylation sites (N-methyl/N-ethyl adjacent to an activating group) is 1. The number of benzene rings is 1. The summed E-state index contributed by atoms with van der Waals surface area (Å²) in [5.41, 5.74) is 0.110. The van der Waals surface area contributed by atoms with E-state index < -0.39 is 17.8 Å². The van der Waals surface area contributed by atoms with E-state index in [0.717, 1.165) is 12.5 Å². The van der Waals surface area contributed by atoms with Gasteiger partial charge in [0.15, 0.2) is 0 Å². The number of nitrogens with one attached hydrogen (secondary N) is 1. The van der Waals surface area contributed by atoms with Crippen LogP contribution in [0, 0.1) is 0 Å². The summed E-state index contributed by atoms with van der Waals surface area (Å²) in [5.74, 6) is 0.0724. The van der Waals surface area contributed by atoms with Gasteiger partial charge >= 0.3 is 6.18 Å². The Balaban J connectivity index is 2.18. The highest BCUT2D eigenvalue weighted by molar-refractivity contribution is 5.29. The van der Waals surface area contributed by atoms with Crippen molar-refractivity contribution in [3.63, 3.8) is 0 Å². The minimum absolute atomic E-state index is 0.0479. The number of alkyl halides is 3. The van der Waals surface area contributed by atoms with Crippen LogP contribution in [0.15, 0.2) is 24.3 Å². The number of hydrogen-bond donors (Lipinski definition) is 2. The van der Waals surface area contributed by atoms with E-state index in [4.69, 9.17) is 0 Å². The third-order valence-electron chi connectivity index (χ3n) is 3.87. The van der Waals surface area contributed by atoms with Crippen molar-refractivity contribution in [3.8, 4) is 0 Å². The van der Waals surface area contributed by atoms with E-state index in [0.29, 0.717) is 18.4 Å². The largest absolute Gasteiger partial charge is 0.416 e. The smallest absolute Gasteiger partial charge is 0.392 e. The lowest BCUT2D eigenvalue weighted by molar-refractivity contribution is -0.137. The molecule has 1 aliphatic rings. The van der Waals surface area contributed by atoms with Crippen LogP contribution in [-0.2, 0) is 6.18 Å². The third-order valence-corrected chi connectivity index (χ3v) is 3.87. The second-order valence-electron chi connectivity index (χ2n) is 5.10. The Kier molecular flexibility index (Phi) is 4.16. The maximum atomic E-state index is 12.7. The number of hydrogen-bond acceptors (Lipinski definition) is 2. The molecule has 106 valence electrons. The summed E-state index contributed by atoms with van der Waals surface area (Å²) in [7, 11) is 1.77. The quantitative estimate of drug-likeness (QED) is 0.868. The molecule has 0 saturated heterocycles. The van der Waals surface area contributed by atoms with Crippen molar-refractivity contribution < 1.29 is 18.3 Å². The fourth-order valence-electron chi connectivity index (χ4n) is 2.74. The van der Waals surface area contributed by atoms with Crippen LogP contribution in [-0.4, -0.2) is 24.3 Å². The second kappa shape index (κ2) is 5.51. The molecule has 0 aliphatic heterocycles. The van der Waals surface area contributed by atoms with Crippen LogP contribution in [0.1, 0.15) is 36.3 Å². The number of aliphatic hydroxyl groups excluding tert-OH is 1. The Hall–Kier alpha value is -1.07. The van der Waals surface area contributed by atoms with Crippen LogP contribution in [0.4, 0.5) is 13.2 Å². The van der Waals surface area contributed by atoms with E-state index >= 15 is 0 Å². The monoisotopic (exact) mass is 273 g/mol. The first-order valence-electron chi connectivity index (χ1n) is 6.44. The summed E-state index contributed by atoms with van der Waals surface area (Å²) in [6, 6.07) is 5.47. The lowest BCUT2D eigenvalue weighted by Gasteiger charge is -2.33. The van der Waals surface area contributed by atoms with Gasteiger partial charge in [-0.3, -0.25) is 0 Å². The lowest BCUT2D eigenvalue weighted by Crippen LogP contribution is -2.42. The van der Waals surface area contributed by atoms with Crippen molar-refractivity contribution >= 4 is 0 Å². The molecular formula is C14H18F3NO. The highest BCUT2D eigenvalue weighted by Gasteiger charge is 2.33. The predicted octanol–water partition coefficient (Wildman–Crippen LogP) is 2.92. The Morgan fingerprint density at radius 2 is 2.00 bits per heavy atom. The van der Waals surface area contributed by atoms with Gasteiger partial charge in [-0.25, -0.2) is 0 Å². The molecule has 2 nitrogen and oxygen atoms in total. The lowest BCUT2D eigenvalue weighted by atomic mass is 9.79. The molecule has 1 saturated carbocycles. The Morgan fingerprint density at radius 1 is 1.26 bits per heavy atom. The molecule has 1 aromatic carbocycles. The molecule has 0 amide bonds. The topological polar surface area (TPSA) is 32.3 Å². The molecule has 1 aromatic rings. The van der Waals surface area contributed by atoms with Crippen LogP contribution in [0.3, 0.4) is 0 Å². The summed E-state index contributed by atoms with van der Waals surface area (Å²) < 4.78 is 38.1. The van der Waals surface area contributed by atoms with E-state index in [1.54, 1.807) is 13.1 Å². The molecule has 0 spiro atoms. The van der Waals surface area contributed by atoms with Crippen LogP contribution in [0.5, 0.6) is 0 Å². The van der Waals surface area contributed by atoms with E-state index in [1.807, 2.05) is 0 Å². The molecule has 1 aliphatic carbocycles. The first-order chi connectivity index (χ1) is 8.91. The molecule has 0 heterocycles. The first-order valence-corrected chi connectivity index (χ1v) is 6.44. The zero-order valence-corrected chi connectivity index (χ0v) is 10.7. The van der Waals surface area contributed by atoms with E-state index in [1.165, 1.54) is 12.1 Å². The molecule has 0 unspecified atom stereocenters. The summed E-state index contributed by atoms with van der Waals surface area (Å²) >= 11 is 0. The maximum Gasteiger partial charge on any atom is 0.416 e. The van der Waals surface area contributed by atoms with E-state index in [-0.39, 0.29) is 12.0 Å². The fourth-order valence-corrected chi connectivity index (χ4v) is 2.74. The first kappa shape index (κ1) is 14.3. The van der Waals surface area contributed by atoms with Crippen LogP contribution in [0.2, 0.25) is 0 Å². The molecule has 3 atom stereocenters. The van der Waals surface area contributed by atoms with E-state index in [2.05, 4.69) is 5.32 Å². The van der Waals surface area contributed by atoms with Crippen molar-refractivity contribution in [3.05, 3.63) is 35.4 Å². The predicted molar refractivity (Wildman–Crippen MR) is 66.9 cm³/mol. The van der Waals surface area contributed by atoms with Gasteiger partial charge in [0.2, 0.25) is 0 Å². The summed E-state index contributed by atoms with van der Waals surface area (Å²) in [4.78, 5) is 0. The third kappa shape index (κ3) is 3.28. The fraction of sp³-hybridized carbons (Fsp3) is 0.571. The number of rotatable bonds is 2. The average Bonchev–Trinajstić information content (AvgIpc) is 2.38. The average molecular weight is 273 g/mol. The zero-order chi connectivity index (χ0) is 14.0. The van der Waals surface area contributed by atoms with Gasteiger partial charge in [0.1, 0.15) is 0 Å². The molecular weight excluding hydrogens is 255 g/mol. The van der Waals surface area contributed by atoms with Gasteiger partial charge in [0.25, 0.3) is 0 Å². The van der Waals surface area contributed by atoms with Crippen molar-refractivity contribution in [1.82, 2.24) is 5.32 Å². The molecule has 1 fully saturated rings. The standard InChI is InChI=1S/C14H18F3NO/c1-18-12-8-10(5-6-13(12)19)9-3-2-4-11(7-9)14(15,16)17/h2-4,7,10,12-13,18-19H,5-6,8H2,1H3/t10-,12-,13-/m0/s1. The maximum absolute atomic E-state index is 12.7. The SMILES string of the molecule is CN[C@H]1C[C@@H](c2cccc(C(F)(F)F)c2)CC[C@@H]1O. The molecule has 19 heavy (non-hydrogen) atoms. The Morgan fingerprint density at radius 3 is 2.63 bits per heavy atom. The summed E-state index contributed by atoms with van der Waals surface area (Å²) in [6.07, 6.45) is -2.70. The summed E-state index contributed by atoms with van der Waals surface area (Å²) in [5, 5.41) is 12.8. The second-order valence-corrected chi connectivity index (χ2v) is 5.10.